The highest BCUT2D eigenvalue weighted by Crippen LogP contribution is 2.18. The number of rotatable bonds is 4. The van der Waals surface area contributed by atoms with Gasteiger partial charge in [-0.3, -0.25) is 4.79 Å². The Labute approximate surface area is 122 Å². The molecular formula is C12H17N3O3S2. The van der Waals surface area contributed by atoms with Crippen LogP contribution in [0.1, 0.15) is 17.7 Å². The predicted molar refractivity (Wildman–Crippen MR) is 79.2 cm³/mol. The summed E-state index contributed by atoms with van der Waals surface area (Å²) in [5, 5.41) is 5.82. The molecule has 1 atom stereocenters. The van der Waals surface area contributed by atoms with Crippen molar-refractivity contribution in [1.29, 1.82) is 0 Å². The van der Waals surface area contributed by atoms with E-state index in [1.807, 2.05) is 17.5 Å². The van der Waals surface area contributed by atoms with Crippen LogP contribution in [0.25, 0.3) is 0 Å². The first-order valence-electron chi connectivity index (χ1n) is 6.28. The topological polar surface area (TPSA) is 78.8 Å². The summed E-state index contributed by atoms with van der Waals surface area (Å²) >= 11 is 1.53. The van der Waals surface area contributed by atoms with Crippen LogP contribution in [0, 0.1) is 5.92 Å². The monoisotopic (exact) mass is 315 g/mol. The van der Waals surface area contributed by atoms with Crippen LogP contribution in [0.4, 0.5) is 0 Å². The van der Waals surface area contributed by atoms with Gasteiger partial charge >= 0.3 is 0 Å². The van der Waals surface area contributed by atoms with Gasteiger partial charge in [0.25, 0.3) is 0 Å². The fraction of sp³-hybridized carbons (Fsp3) is 0.500. The van der Waals surface area contributed by atoms with Crippen LogP contribution < -0.4 is 5.43 Å². The first kappa shape index (κ1) is 15.1. The van der Waals surface area contributed by atoms with Crippen molar-refractivity contribution in [3.05, 3.63) is 22.4 Å². The van der Waals surface area contributed by atoms with Crippen LogP contribution in [-0.2, 0) is 14.8 Å². The maximum atomic E-state index is 12.0. The van der Waals surface area contributed by atoms with E-state index in [1.165, 1.54) is 21.9 Å². The highest BCUT2D eigenvalue weighted by Gasteiger charge is 2.29. The molecule has 1 aromatic heterocycles. The highest BCUT2D eigenvalue weighted by atomic mass is 32.2. The van der Waals surface area contributed by atoms with Crippen LogP contribution in [-0.4, -0.2) is 44.2 Å². The minimum Gasteiger partial charge on any atom is -0.273 e. The summed E-state index contributed by atoms with van der Waals surface area (Å²) in [6.07, 6.45) is 4.13. The maximum Gasteiger partial charge on any atom is 0.244 e. The van der Waals surface area contributed by atoms with Gasteiger partial charge in [-0.25, -0.2) is 18.1 Å². The minimum absolute atomic E-state index is 0.230. The number of sulfonamides is 1. The second-order valence-corrected chi connectivity index (χ2v) is 7.67. The average molecular weight is 315 g/mol. The lowest BCUT2D eigenvalue weighted by atomic mass is 9.99. The number of nitrogens with zero attached hydrogens (tertiary/aromatic N) is 2. The Morgan fingerprint density at radius 1 is 1.60 bits per heavy atom. The van der Waals surface area contributed by atoms with Crippen molar-refractivity contribution < 1.29 is 13.2 Å². The normalized spacial score (nSPS) is 21.1. The molecule has 20 heavy (non-hydrogen) atoms. The number of nitrogens with one attached hydrogen (secondary N) is 1. The Bertz CT molecular complexity index is 581. The van der Waals surface area contributed by atoms with E-state index in [2.05, 4.69) is 10.5 Å². The molecule has 0 aromatic carbocycles. The molecule has 1 saturated heterocycles. The third-order valence-corrected chi connectivity index (χ3v) is 5.21. The Morgan fingerprint density at radius 3 is 3.05 bits per heavy atom. The minimum atomic E-state index is -3.23. The average Bonchev–Trinajstić information content (AvgIpc) is 2.91. The number of hydrazone groups is 1. The number of hydrogen-bond donors (Lipinski definition) is 1. The summed E-state index contributed by atoms with van der Waals surface area (Å²) in [7, 11) is -3.23. The molecule has 6 nitrogen and oxygen atoms in total. The van der Waals surface area contributed by atoms with Crippen molar-refractivity contribution in [1.82, 2.24) is 9.73 Å². The molecule has 0 bridgehead atoms. The number of thiophene rings is 1. The van der Waals surface area contributed by atoms with Gasteiger partial charge < -0.3 is 0 Å². The summed E-state index contributed by atoms with van der Waals surface area (Å²) in [5.41, 5.74) is 2.48. The van der Waals surface area contributed by atoms with Crippen LogP contribution in [0.3, 0.4) is 0 Å². The van der Waals surface area contributed by atoms with Gasteiger partial charge in [0.15, 0.2) is 0 Å². The van der Waals surface area contributed by atoms with Crippen molar-refractivity contribution in [2.75, 3.05) is 19.3 Å². The van der Waals surface area contributed by atoms with E-state index in [0.29, 0.717) is 19.4 Å². The van der Waals surface area contributed by atoms with E-state index in [4.69, 9.17) is 0 Å². The third-order valence-electron chi connectivity index (χ3n) is 3.13. The van der Waals surface area contributed by atoms with Crippen LogP contribution in [0.5, 0.6) is 0 Å². The van der Waals surface area contributed by atoms with Crippen molar-refractivity contribution in [3.8, 4) is 0 Å². The molecule has 2 rings (SSSR count). The van der Waals surface area contributed by atoms with Gasteiger partial charge in [-0.2, -0.15) is 5.10 Å². The fourth-order valence-corrected chi connectivity index (χ4v) is 3.57. The second kappa shape index (κ2) is 6.47. The van der Waals surface area contributed by atoms with Gasteiger partial charge in [0, 0.05) is 18.0 Å². The smallest absolute Gasteiger partial charge is 0.244 e. The second-order valence-electron chi connectivity index (χ2n) is 4.71. The standard InChI is InChI=1S/C12H17N3O3S2/c1-20(17,18)15-6-2-4-10(9-15)12(16)14-13-8-11-5-3-7-19-11/h3,5,7-8,10H,2,4,6,9H2,1H3,(H,14,16)/b13-8-/t10-/m1/s1. The lowest BCUT2D eigenvalue weighted by Gasteiger charge is -2.29. The molecule has 0 spiro atoms. The molecule has 2 heterocycles. The van der Waals surface area contributed by atoms with E-state index < -0.39 is 10.0 Å². The zero-order valence-electron chi connectivity index (χ0n) is 11.2. The Kier molecular flexibility index (Phi) is 4.90. The van der Waals surface area contributed by atoms with Crippen molar-refractivity contribution in [2.45, 2.75) is 12.8 Å². The zero-order chi connectivity index (χ0) is 14.6. The van der Waals surface area contributed by atoms with Gasteiger partial charge in [0.1, 0.15) is 0 Å². The van der Waals surface area contributed by atoms with E-state index in [1.54, 1.807) is 6.21 Å². The lowest BCUT2D eigenvalue weighted by molar-refractivity contribution is -0.126. The summed E-state index contributed by atoms with van der Waals surface area (Å²) in [5.74, 6) is -0.565. The molecule has 1 aliphatic rings. The summed E-state index contributed by atoms with van der Waals surface area (Å²) in [4.78, 5) is 12.9. The molecule has 0 aliphatic carbocycles. The number of carbonyl (C=O) groups is 1. The Morgan fingerprint density at radius 2 is 2.40 bits per heavy atom. The largest absolute Gasteiger partial charge is 0.273 e. The van der Waals surface area contributed by atoms with E-state index in [-0.39, 0.29) is 18.4 Å². The van der Waals surface area contributed by atoms with E-state index in [0.717, 1.165) is 4.88 Å². The van der Waals surface area contributed by atoms with Crippen LogP contribution >= 0.6 is 11.3 Å². The molecule has 1 fully saturated rings. The van der Waals surface area contributed by atoms with Crippen molar-refractivity contribution >= 4 is 33.5 Å². The molecule has 1 aromatic rings. The fourth-order valence-electron chi connectivity index (χ4n) is 2.07. The number of hydrogen-bond acceptors (Lipinski definition) is 5. The SMILES string of the molecule is CS(=O)(=O)N1CCC[C@@H](C(=O)N/N=C\c2cccs2)C1. The zero-order valence-corrected chi connectivity index (χ0v) is 12.8. The predicted octanol–water partition coefficient (Wildman–Crippen LogP) is 0.870. The van der Waals surface area contributed by atoms with E-state index >= 15 is 0 Å². The van der Waals surface area contributed by atoms with Crippen LogP contribution in [0.2, 0.25) is 0 Å². The van der Waals surface area contributed by atoms with Gasteiger partial charge in [0.05, 0.1) is 18.4 Å². The Hall–Kier alpha value is -1.25. The lowest BCUT2D eigenvalue weighted by Crippen LogP contribution is -2.44. The Balaban J connectivity index is 1.89. The maximum absolute atomic E-state index is 12.0. The molecule has 1 N–H and O–H groups in total. The van der Waals surface area contributed by atoms with Gasteiger partial charge in [-0.15, -0.1) is 11.3 Å². The van der Waals surface area contributed by atoms with E-state index in [9.17, 15) is 13.2 Å². The quantitative estimate of drug-likeness (QED) is 0.661. The van der Waals surface area contributed by atoms with Gasteiger partial charge in [0.2, 0.25) is 15.9 Å². The summed E-state index contributed by atoms with van der Waals surface area (Å²) in [6, 6.07) is 3.80. The molecule has 1 aliphatic heterocycles. The highest BCUT2D eigenvalue weighted by molar-refractivity contribution is 7.88. The van der Waals surface area contributed by atoms with Gasteiger partial charge in [-0.05, 0) is 24.3 Å². The molecular weight excluding hydrogens is 298 g/mol. The first-order valence-corrected chi connectivity index (χ1v) is 9.01. The van der Waals surface area contributed by atoms with Gasteiger partial charge in [-0.1, -0.05) is 6.07 Å². The summed E-state index contributed by atoms with van der Waals surface area (Å²) in [6.45, 7) is 0.722. The number of carbonyl (C=O) groups excluding carboxylic acids is 1. The molecule has 0 radical (unpaired) electrons. The first-order chi connectivity index (χ1) is 9.47. The molecule has 8 heteroatoms. The van der Waals surface area contributed by atoms with Crippen molar-refractivity contribution in [2.24, 2.45) is 11.0 Å². The number of amides is 1. The molecule has 110 valence electrons. The third kappa shape index (κ3) is 4.12. The van der Waals surface area contributed by atoms with Crippen LogP contribution in [0.15, 0.2) is 22.6 Å². The molecule has 0 unspecified atom stereocenters. The number of piperidine rings is 1. The summed E-state index contributed by atoms with van der Waals surface area (Å²) < 4.78 is 24.3. The molecule has 1 amide bonds. The van der Waals surface area contributed by atoms with Crippen molar-refractivity contribution in [3.63, 3.8) is 0 Å². The molecule has 0 saturated carbocycles.